The summed E-state index contributed by atoms with van der Waals surface area (Å²) in [4.78, 5) is 36.7. The number of benzene rings is 3. The molecule has 2 atom stereocenters. The van der Waals surface area contributed by atoms with Gasteiger partial charge in [0, 0.05) is 5.92 Å². The molecule has 0 heterocycles. The molecule has 3 rings (SSSR count). The number of hydrogen-bond acceptors (Lipinski definition) is 5. The number of methoxy groups -OCH3 is 1. The minimum Gasteiger partial charge on any atom is -0.481 e. The summed E-state index contributed by atoms with van der Waals surface area (Å²) >= 11 is 0. The molecule has 238 valence electrons. The Balaban J connectivity index is 0.000000315. The van der Waals surface area contributed by atoms with Gasteiger partial charge in [-0.25, -0.2) is 0 Å². The highest BCUT2D eigenvalue weighted by atomic mass is 16.6. The highest BCUT2D eigenvalue weighted by molar-refractivity contribution is 5.82. The summed E-state index contributed by atoms with van der Waals surface area (Å²) in [6, 6.07) is 32.0. The van der Waals surface area contributed by atoms with E-state index in [4.69, 9.17) is 9.47 Å². The Morgan fingerprint density at radius 3 is 1.32 bits per heavy atom. The van der Waals surface area contributed by atoms with Crippen molar-refractivity contribution in [3.63, 3.8) is 0 Å². The second-order valence-corrected chi connectivity index (χ2v) is 13.7. The average molecular weight is 603 g/mol. The first-order chi connectivity index (χ1) is 20.5. The molecule has 0 spiro atoms. The molecule has 0 saturated carbocycles. The molecule has 0 aliphatic rings. The van der Waals surface area contributed by atoms with Gasteiger partial charge in [-0.3, -0.25) is 14.4 Å². The molecule has 6 heteroatoms. The van der Waals surface area contributed by atoms with E-state index < -0.39 is 39.8 Å². The molecule has 1 N–H and O–H groups in total. The topological polar surface area (TPSA) is 89.9 Å². The smallest absolute Gasteiger partial charge is 0.312 e. The van der Waals surface area contributed by atoms with Crippen molar-refractivity contribution in [3.8, 4) is 0 Å². The van der Waals surface area contributed by atoms with Crippen LogP contribution in [0.1, 0.15) is 97.3 Å². The predicted octanol–water partition coefficient (Wildman–Crippen LogP) is 8.68. The fourth-order valence-corrected chi connectivity index (χ4v) is 5.64. The molecule has 0 aliphatic heterocycles. The number of hydrogen-bond donors (Lipinski definition) is 1. The highest BCUT2D eigenvalue weighted by Crippen LogP contribution is 2.45. The third kappa shape index (κ3) is 10.1. The molecule has 6 nitrogen and oxygen atoms in total. The van der Waals surface area contributed by atoms with Crippen LogP contribution in [0.25, 0.3) is 0 Å². The minimum absolute atomic E-state index is 0.0741. The van der Waals surface area contributed by atoms with Gasteiger partial charge in [0.15, 0.2) is 0 Å². The second-order valence-electron chi connectivity index (χ2n) is 13.7. The number of carboxylic acids is 1. The highest BCUT2D eigenvalue weighted by Gasteiger charge is 2.49. The lowest BCUT2D eigenvalue weighted by atomic mass is 9.65. The number of carbonyl (C=O) groups excluding carboxylic acids is 2. The van der Waals surface area contributed by atoms with Crippen molar-refractivity contribution in [1.29, 1.82) is 0 Å². The number of rotatable bonds is 11. The standard InChI is InChI=1S/C19H34O6.C19H16/c1-10-18(7,13(20)21)12-19(8,15(23)24-9)11-17(5,6)14(22)25-16(2,3)4;1-4-10-16(11-5-1)19(17-12-6-2-7-13-17)18-14-8-3-9-15-18/h10-12H2,1-9H3,(H,20,21);1-15,19H. The number of esters is 2. The first kappa shape index (κ1) is 36.3. The van der Waals surface area contributed by atoms with E-state index >= 15 is 0 Å². The number of ether oxygens (including phenoxy) is 2. The van der Waals surface area contributed by atoms with Gasteiger partial charge in [0.25, 0.3) is 0 Å². The van der Waals surface area contributed by atoms with E-state index in [0.29, 0.717) is 12.3 Å². The SMILES string of the molecule is CCC(C)(CC(C)(CC(C)(C)C(=O)OC(C)(C)C)C(=O)OC)C(=O)O.c1ccc(C(c2ccccc2)c2ccccc2)cc1. The molecule has 0 radical (unpaired) electrons. The van der Waals surface area contributed by atoms with E-state index in [1.165, 1.54) is 23.8 Å². The number of carboxylic acid groups (broad SMARTS) is 1. The van der Waals surface area contributed by atoms with E-state index in [9.17, 15) is 19.5 Å². The van der Waals surface area contributed by atoms with Crippen molar-refractivity contribution in [2.75, 3.05) is 7.11 Å². The third-order valence-corrected chi connectivity index (χ3v) is 7.94. The van der Waals surface area contributed by atoms with Crippen LogP contribution in [0.3, 0.4) is 0 Å². The summed E-state index contributed by atoms with van der Waals surface area (Å²) in [5.74, 6) is -1.61. The molecule has 0 aromatic heterocycles. The predicted molar refractivity (Wildman–Crippen MR) is 175 cm³/mol. The van der Waals surface area contributed by atoms with E-state index in [1.807, 2.05) is 0 Å². The molecule has 0 amide bonds. The van der Waals surface area contributed by atoms with Gasteiger partial charge in [-0.15, -0.1) is 0 Å². The lowest BCUT2D eigenvalue weighted by Crippen LogP contribution is -2.44. The van der Waals surface area contributed by atoms with Crippen molar-refractivity contribution < 1.29 is 29.0 Å². The third-order valence-electron chi connectivity index (χ3n) is 7.94. The van der Waals surface area contributed by atoms with Crippen molar-refractivity contribution in [2.24, 2.45) is 16.2 Å². The minimum atomic E-state index is -1.13. The van der Waals surface area contributed by atoms with Crippen LogP contribution >= 0.6 is 0 Å². The summed E-state index contributed by atoms with van der Waals surface area (Å²) in [5.41, 5.74) is 0.170. The van der Waals surface area contributed by atoms with Crippen LogP contribution < -0.4 is 0 Å². The zero-order valence-corrected chi connectivity index (χ0v) is 27.8. The summed E-state index contributed by atoms with van der Waals surface area (Å²) in [6.07, 6.45) is 0.566. The van der Waals surface area contributed by atoms with Crippen LogP contribution in [0, 0.1) is 16.2 Å². The van der Waals surface area contributed by atoms with Gasteiger partial charge in [-0.1, -0.05) is 97.9 Å². The molecule has 0 saturated heterocycles. The fourth-order valence-electron chi connectivity index (χ4n) is 5.64. The van der Waals surface area contributed by atoms with E-state index in [-0.39, 0.29) is 12.8 Å². The summed E-state index contributed by atoms with van der Waals surface area (Å²) in [6.45, 7) is 13.8. The molecule has 3 aromatic rings. The zero-order valence-electron chi connectivity index (χ0n) is 27.8. The van der Waals surface area contributed by atoms with Crippen LogP contribution in [-0.4, -0.2) is 35.7 Å². The lowest BCUT2D eigenvalue weighted by Gasteiger charge is -2.39. The van der Waals surface area contributed by atoms with Gasteiger partial charge in [-0.05, 0) is 84.4 Å². The maximum Gasteiger partial charge on any atom is 0.312 e. The van der Waals surface area contributed by atoms with Crippen LogP contribution in [0.15, 0.2) is 91.0 Å². The van der Waals surface area contributed by atoms with Crippen molar-refractivity contribution in [2.45, 2.75) is 86.2 Å². The van der Waals surface area contributed by atoms with E-state index in [1.54, 1.807) is 55.4 Å². The maximum absolute atomic E-state index is 12.5. The molecule has 0 aliphatic carbocycles. The summed E-state index contributed by atoms with van der Waals surface area (Å²) in [5, 5.41) is 9.57. The van der Waals surface area contributed by atoms with Crippen LogP contribution in [-0.2, 0) is 23.9 Å². The molecular weight excluding hydrogens is 552 g/mol. The monoisotopic (exact) mass is 602 g/mol. The number of carbonyl (C=O) groups is 3. The zero-order chi connectivity index (χ0) is 33.2. The number of aliphatic carboxylic acids is 1. The van der Waals surface area contributed by atoms with Gasteiger partial charge < -0.3 is 14.6 Å². The molecule has 2 unspecified atom stereocenters. The Labute approximate surface area is 263 Å². The normalized spacial score (nSPS) is 14.3. The Bertz CT molecular complexity index is 1250. The van der Waals surface area contributed by atoms with E-state index in [2.05, 4.69) is 91.0 Å². The maximum atomic E-state index is 12.5. The summed E-state index contributed by atoms with van der Waals surface area (Å²) in [7, 11) is 1.27. The van der Waals surface area contributed by atoms with Gasteiger partial charge in [0.1, 0.15) is 5.60 Å². The van der Waals surface area contributed by atoms with Crippen LogP contribution in [0.2, 0.25) is 0 Å². The largest absolute Gasteiger partial charge is 0.481 e. The van der Waals surface area contributed by atoms with E-state index in [0.717, 1.165) is 0 Å². The fraction of sp³-hybridized carbons (Fsp3) is 0.447. The molecule has 0 fully saturated rings. The van der Waals surface area contributed by atoms with Crippen molar-refractivity contribution >= 4 is 17.9 Å². The lowest BCUT2D eigenvalue weighted by molar-refractivity contribution is -0.171. The van der Waals surface area contributed by atoms with Crippen molar-refractivity contribution in [3.05, 3.63) is 108 Å². The van der Waals surface area contributed by atoms with Gasteiger partial charge in [-0.2, -0.15) is 0 Å². The second kappa shape index (κ2) is 15.2. The Morgan fingerprint density at radius 1 is 0.636 bits per heavy atom. The average Bonchev–Trinajstić information content (AvgIpc) is 2.97. The van der Waals surface area contributed by atoms with Crippen molar-refractivity contribution in [1.82, 2.24) is 0 Å². The molecule has 44 heavy (non-hydrogen) atoms. The van der Waals surface area contributed by atoms with Gasteiger partial charge in [0.2, 0.25) is 0 Å². The first-order valence-electron chi connectivity index (χ1n) is 15.2. The molecule has 0 bridgehead atoms. The Kier molecular flexibility index (Phi) is 12.5. The quantitative estimate of drug-likeness (QED) is 0.174. The van der Waals surface area contributed by atoms with Crippen LogP contribution in [0.5, 0.6) is 0 Å². The molecule has 3 aromatic carbocycles. The van der Waals surface area contributed by atoms with Gasteiger partial charge >= 0.3 is 17.9 Å². The molecular formula is C38H50O6. The summed E-state index contributed by atoms with van der Waals surface area (Å²) < 4.78 is 10.4. The first-order valence-corrected chi connectivity index (χ1v) is 15.2. The van der Waals surface area contributed by atoms with Crippen LogP contribution in [0.4, 0.5) is 0 Å². The Hall–Kier alpha value is -3.93. The Morgan fingerprint density at radius 2 is 1.02 bits per heavy atom. The van der Waals surface area contributed by atoms with Gasteiger partial charge in [0.05, 0.1) is 23.4 Å².